The highest BCUT2D eigenvalue weighted by Gasteiger charge is 2.49. The van der Waals surface area contributed by atoms with Crippen LogP contribution in [0, 0.1) is 0 Å². The first kappa shape index (κ1) is 21.6. The van der Waals surface area contributed by atoms with E-state index in [9.17, 15) is 0 Å². The Morgan fingerprint density at radius 3 is 2.65 bits per heavy atom. The van der Waals surface area contributed by atoms with E-state index in [2.05, 4.69) is 20.4 Å². The number of benzene rings is 1. The summed E-state index contributed by atoms with van der Waals surface area (Å²) in [5.41, 5.74) is 0.569. The van der Waals surface area contributed by atoms with Gasteiger partial charge in [0, 0.05) is 25.0 Å². The molecule has 8 atom stereocenters. The molecule has 0 amide bonds. The van der Waals surface area contributed by atoms with E-state index in [1.807, 2.05) is 36.4 Å². The molecule has 0 saturated carbocycles. The lowest BCUT2D eigenvalue weighted by Gasteiger charge is -2.51. The van der Waals surface area contributed by atoms with Gasteiger partial charge >= 0.3 is 0 Å². The minimum absolute atomic E-state index is 0.0812. The molecule has 170 valence electrons. The summed E-state index contributed by atoms with van der Waals surface area (Å²) in [4.78, 5) is 0. The van der Waals surface area contributed by atoms with Gasteiger partial charge in [0.25, 0.3) is 0 Å². The summed E-state index contributed by atoms with van der Waals surface area (Å²) in [6.45, 7) is 9.48. The summed E-state index contributed by atoms with van der Waals surface area (Å²) >= 11 is 0. The van der Waals surface area contributed by atoms with E-state index in [0.29, 0.717) is 6.61 Å². The van der Waals surface area contributed by atoms with Crippen LogP contribution in [0.4, 0.5) is 0 Å². The van der Waals surface area contributed by atoms with Gasteiger partial charge in [-0.15, -0.1) is 6.58 Å². The second-order valence-electron chi connectivity index (χ2n) is 9.57. The molecule has 0 aromatic heterocycles. The number of ether oxygens (including phenoxy) is 6. The maximum atomic E-state index is 6.67. The molecule has 6 nitrogen and oxygen atoms in total. The van der Waals surface area contributed by atoms with Crippen molar-refractivity contribution in [3.05, 3.63) is 48.6 Å². The van der Waals surface area contributed by atoms with E-state index in [-0.39, 0.29) is 49.0 Å². The van der Waals surface area contributed by atoms with E-state index >= 15 is 0 Å². The normalized spacial score (nSPS) is 42.3. The van der Waals surface area contributed by atoms with Crippen LogP contribution >= 0.6 is 0 Å². The average Bonchev–Trinajstić information content (AvgIpc) is 2.79. The fourth-order valence-corrected chi connectivity index (χ4v) is 5.25. The zero-order chi connectivity index (χ0) is 21.4. The van der Waals surface area contributed by atoms with Crippen LogP contribution < -0.4 is 0 Å². The fourth-order valence-electron chi connectivity index (χ4n) is 5.25. The molecule has 1 aromatic carbocycles. The molecule has 0 radical (unpaired) electrons. The summed E-state index contributed by atoms with van der Waals surface area (Å²) in [5.74, 6) is 0. The molecule has 1 aromatic rings. The van der Waals surface area contributed by atoms with E-state index in [0.717, 1.165) is 37.9 Å². The van der Waals surface area contributed by atoms with Crippen LogP contribution in [0.3, 0.4) is 0 Å². The Hall–Kier alpha value is -1.28. The van der Waals surface area contributed by atoms with Crippen molar-refractivity contribution in [3.63, 3.8) is 0 Å². The lowest BCUT2D eigenvalue weighted by Crippen LogP contribution is -2.60. The molecule has 4 aliphatic rings. The smallest absolute Gasteiger partial charge is 0.184 e. The van der Waals surface area contributed by atoms with Crippen LogP contribution in [0.1, 0.15) is 51.4 Å². The number of fused-ring (bicyclic) bond motifs is 2. The second-order valence-corrected chi connectivity index (χ2v) is 9.57. The van der Waals surface area contributed by atoms with Crippen LogP contribution in [0.25, 0.3) is 0 Å². The third kappa shape index (κ3) is 4.47. The number of rotatable bonds is 4. The Morgan fingerprint density at radius 2 is 1.84 bits per heavy atom. The molecule has 0 bridgehead atoms. The Morgan fingerprint density at radius 1 is 1.00 bits per heavy atom. The zero-order valence-electron chi connectivity index (χ0n) is 18.5. The van der Waals surface area contributed by atoms with Gasteiger partial charge in [0.15, 0.2) is 6.29 Å². The van der Waals surface area contributed by atoms with Gasteiger partial charge in [0.05, 0.1) is 42.7 Å². The van der Waals surface area contributed by atoms with Crippen LogP contribution in [-0.2, 0) is 28.4 Å². The molecule has 0 aliphatic carbocycles. The molecule has 5 rings (SSSR count). The Balaban J connectivity index is 1.28. The van der Waals surface area contributed by atoms with Crippen molar-refractivity contribution in [1.29, 1.82) is 0 Å². The van der Waals surface area contributed by atoms with Crippen LogP contribution in [0.2, 0.25) is 0 Å². The van der Waals surface area contributed by atoms with Gasteiger partial charge < -0.3 is 28.4 Å². The van der Waals surface area contributed by atoms with Crippen molar-refractivity contribution >= 4 is 0 Å². The fraction of sp³-hybridized carbons (Fsp3) is 0.680. The van der Waals surface area contributed by atoms with Gasteiger partial charge in [-0.1, -0.05) is 36.4 Å². The first-order valence-electron chi connectivity index (χ1n) is 11.6. The first-order valence-corrected chi connectivity index (χ1v) is 11.6. The van der Waals surface area contributed by atoms with Crippen LogP contribution in [0.15, 0.2) is 43.0 Å². The van der Waals surface area contributed by atoms with E-state index in [1.165, 1.54) is 0 Å². The Labute approximate surface area is 184 Å². The lowest BCUT2D eigenvalue weighted by atomic mass is 9.88. The molecule has 4 saturated heterocycles. The third-order valence-corrected chi connectivity index (χ3v) is 6.99. The van der Waals surface area contributed by atoms with Crippen molar-refractivity contribution in [2.75, 3.05) is 13.2 Å². The van der Waals surface area contributed by atoms with E-state index in [4.69, 9.17) is 28.4 Å². The van der Waals surface area contributed by atoms with Gasteiger partial charge in [0.1, 0.15) is 12.2 Å². The van der Waals surface area contributed by atoms with Gasteiger partial charge in [-0.05, 0) is 26.7 Å². The Bertz CT molecular complexity index is 752. The maximum Gasteiger partial charge on any atom is 0.184 e. The minimum atomic E-state index is -0.455. The standard InChI is InChI=1S/C25H34O6/c1-4-17-20(13-19-18(28-17)11-8-12-26-19)29-23-14-21-22(31-25(23,2)3)15-27-24(30-21)16-9-6-5-7-10-16/h4-7,9-10,17-24H,1,8,11-15H2,2-3H3/t17-,18+,19-,20-,21+,22-,23-,24-/m1/s1. The molecule has 0 spiro atoms. The molecule has 31 heavy (non-hydrogen) atoms. The summed E-state index contributed by atoms with van der Waals surface area (Å²) in [5, 5.41) is 0. The summed E-state index contributed by atoms with van der Waals surface area (Å²) in [7, 11) is 0. The summed E-state index contributed by atoms with van der Waals surface area (Å²) in [6.07, 6.45) is 4.84. The highest BCUT2D eigenvalue weighted by atomic mass is 16.7. The van der Waals surface area contributed by atoms with Gasteiger partial charge in [-0.2, -0.15) is 0 Å². The maximum absolute atomic E-state index is 6.67. The van der Waals surface area contributed by atoms with E-state index < -0.39 is 5.60 Å². The molecule has 4 aliphatic heterocycles. The van der Waals surface area contributed by atoms with Crippen molar-refractivity contribution in [1.82, 2.24) is 0 Å². The second kappa shape index (κ2) is 8.93. The van der Waals surface area contributed by atoms with Gasteiger partial charge in [-0.25, -0.2) is 0 Å². The molecular formula is C25H34O6. The predicted molar refractivity (Wildman–Crippen MR) is 115 cm³/mol. The minimum Gasteiger partial charge on any atom is -0.375 e. The number of hydrogen-bond donors (Lipinski definition) is 0. The highest BCUT2D eigenvalue weighted by Crippen LogP contribution is 2.40. The van der Waals surface area contributed by atoms with Crippen molar-refractivity contribution < 1.29 is 28.4 Å². The SMILES string of the molecule is C=C[C@H]1O[C@H]2CCCO[C@@H]2C[C@H]1O[C@@H]1C[C@@H]2O[C@H](c3ccccc3)OC[C@H]2OC1(C)C. The largest absolute Gasteiger partial charge is 0.375 e. The van der Waals surface area contributed by atoms with Crippen LogP contribution in [-0.4, -0.2) is 61.5 Å². The molecule has 0 N–H and O–H groups in total. The molecule has 4 fully saturated rings. The van der Waals surface area contributed by atoms with Gasteiger partial charge in [-0.3, -0.25) is 0 Å². The quantitative estimate of drug-likeness (QED) is 0.675. The molecular weight excluding hydrogens is 396 g/mol. The van der Waals surface area contributed by atoms with Crippen LogP contribution in [0.5, 0.6) is 0 Å². The summed E-state index contributed by atoms with van der Waals surface area (Å²) in [6, 6.07) is 10.1. The average molecular weight is 431 g/mol. The monoisotopic (exact) mass is 430 g/mol. The molecule has 0 unspecified atom stereocenters. The highest BCUT2D eigenvalue weighted by molar-refractivity contribution is 5.16. The van der Waals surface area contributed by atoms with E-state index in [1.54, 1.807) is 0 Å². The first-order chi connectivity index (χ1) is 15.0. The third-order valence-electron chi connectivity index (χ3n) is 6.99. The Kier molecular flexibility index (Phi) is 6.21. The van der Waals surface area contributed by atoms with Gasteiger partial charge in [0.2, 0.25) is 0 Å². The molecule has 4 heterocycles. The van der Waals surface area contributed by atoms with Crippen molar-refractivity contribution in [2.24, 2.45) is 0 Å². The summed E-state index contributed by atoms with van der Waals surface area (Å²) < 4.78 is 37.6. The topological polar surface area (TPSA) is 55.4 Å². The van der Waals surface area contributed by atoms with Crippen molar-refractivity contribution in [2.45, 2.75) is 94.1 Å². The predicted octanol–water partition coefficient (Wildman–Crippen LogP) is 3.94. The number of hydrogen-bond acceptors (Lipinski definition) is 6. The lowest BCUT2D eigenvalue weighted by molar-refractivity contribution is -0.330. The zero-order valence-corrected chi connectivity index (χ0v) is 18.5. The molecule has 6 heteroatoms. The van der Waals surface area contributed by atoms with Crippen molar-refractivity contribution in [3.8, 4) is 0 Å².